The number of anilines is 2. The molecule has 1 heterocycles. The van der Waals surface area contributed by atoms with E-state index in [1.165, 1.54) is 6.07 Å². The van der Waals surface area contributed by atoms with Crippen LogP contribution in [0.2, 0.25) is 0 Å². The van der Waals surface area contributed by atoms with Gasteiger partial charge in [0.15, 0.2) is 5.75 Å². The number of aromatic nitrogens is 2. The van der Waals surface area contributed by atoms with E-state index in [-0.39, 0.29) is 16.9 Å². The van der Waals surface area contributed by atoms with Gasteiger partial charge in [-0.05, 0) is 74.8 Å². The van der Waals surface area contributed by atoms with Crippen LogP contribution in [0.5, 0.6) is 5.75 Å². The highest BCUT2D eigenvalue weighted by atomic mass is 79.9. The molecule has 4 rings (SSSR count). The highest BCUT2D eigenvalue weighted by Gasteiger charge is 2.34. The number of alkyl halides is 3. The quantitative estimate of drug-likeness (QED) is 0.286. The van der Waals surface area contributed by atoms with E-state index in [1.54, 1.807) is 0 Å². The second-order valence-electron chi connectivity index (χ2n) is 9.66. The third kappa shape index (κ3) is 7.73. The Bertz CT molecular complexity index is 1400. The molecule has 3 aromatic rings. The molecule has 0 unspecified atom stereocenters. The van der Waals surface area contributed by atoms with Crippen molar-refractivity contribution < 1.29 is 26.3 Å². The number of benzene rings is 2. The first-order valence-electron chi connectivity index (χ1n) is 12.7. The minimum atomic E-state index is -5.01. The molecule has 1 aromatic heterocycles. The van der Waals surface area contributed by atoms with Crippen LogP contribution in [-0.2, 0) is 10.0 Å². The van der Waals surface area contributed by atoms with Gasteiger partial charge in [-0.1, -0.05) is 28.1 Å². The maximum absolute atomic E-state index is 12.8. The molecule has 0 spiro atoms. The molecule has 1 aliphatic rings. The average molecular weight is 631 g/mol. The van der Waals surface area contributed by atoms with Gasteiger partial charge in [0.05, 0.1) is 5.52 Å². The van der Waals surface area contributed by atoms with Crippen molar-refractivity contribution in [3.8, 4) is 5.75 Å². The average Bonchev–Trinajstić information content (AvgIpc) is 2.89. The molecule has 1 fully saturated rings. The maximum atomic E-state index is 12.8. The number of para-hydroxylation sites is 1. The highest BCUT2D eigenvalue weighted by Crippen LogP contribution is 2.33. The first-order valence-corrected chi connectivity index (χ1v) is 15.0. The summed E-state index contributed by atoms with van der Waals surface area (Å²) in [6, 6.07) is 11.3. The summed E-state index contributed by atoms with van der Waals surface area (Å²) < 4.78 is 70.7. The zero-order valence-electron chi connectivity index (χ0n) is 21.6. The van der Waals surface area contributed by atoms with Crippen LogP contribution in [0, 0.1) is 11.8 Å². The smallest absolute Gasteiger partial charge is 0.404 e. The van der Waals surface area contributed by atoms with Gasteiger partial charge < -0.3 is 15.0 Å². The fraction of sp³-hybridized carbons (Fsp3) is 0.462. The van der Waals surface area contributed by atoms with Crippen molar-refractivity contribution in [3.05, 3.63) is 46.9 Å². The number of hydrogen-bond donors (Lipinski definition) is 2. The van der Waals surface area contributed by atoms with Crippen molar-refractivity contribution in [2.75, 3.05) is 36.9 Å². The standard InChI is InChI=1S/C26H31BrF3N5O3S/c1-3-35(2)24-20-6-4-5-7-21(20)33-25(34-24)31-15-17-8-10-18(11-9-17)16-32-39(36,37)23-13-12-19(27)14-22(23)38-26(28,29)30/h4-7,12-14,17-18,32H,3,8-11,15-16H2,1-2H3,(H,31,33,34). The molecule has 0 amide bonds. The van der Waals surface area contributed by atoms with Crippen LogP contribution >= 0.6 is 15.9 Å². The summed E-state index contributed by atoms with van der Waals surface area (Å²) in [5, 5.41) is 4.37. The van der Waals surface area contributed by atoms with Crippen LogP contribution in [0.3, 0.4) is 0 Å². The molecule has 1 saturated carbocycles. The van der Waals surface area contributed by atoms with Crippen LogP contribution in [0.25, 0.3) is 10.9 Å². The SMILES string of the molecule is CCN(C)c1nc(NCC2CCC(CNS(=O)(=O)c3ccc(Br)cc3OC(F)(F)F)CC2)nc2ccccc12. The zero-order valence-corrected chi connectivity index (χ0v) is 24.0. The number of sulfonamides is 1. The molecule has 0 saturated heterocycles. The molecular formula is C26H31BrF3N5O3S. The van der Waals surface area contributed by atoms with Crippen molar-refractivity contribution >= 4 is 48.6 Å². The maximum Gasteiger partial charge on any atom is 0.573 e. The molecule has 8 nitrogen and oxygen atoms in total. The van der Waals surface area contributed by atoms with Crippen LogP contribution in [-0.4, -0.2) is 51.4 Å². The molecule has 0 bridgehead atoms. The number of hydrogen-bond acceptors (Lipinski definition) is 7. The van der Waals surface area contributed by atoms with Gasteiger partial charge in [0, 0.05) is 36.5 Å². The lowest BCUT2D eigenvalue weighted by molar-refractivity contribution is -0.275. The van der Waals surface area contributed by atoms with Crippen molar-refractivity contribution in [3.63, 3.8) is 0 Å². The van der Waals surface area contributed by atoms with E-state index in [0.717, 1.165) is 61.1 Å². The minimum Gasteiger partial charge on any atom is -0.404 e. The molecular weight excluding hydrogens is 599 g/mol. The van der Waals surface area contributed by atoms with Crippen molar-refractivity contribution in [1.82, 2.24) is 14.7 Å². The Balaban J connectivity index is 1.32. The molecule has 2 aromatic carbocycles. The zero-order chi connectivity index (χ0) is 28.2. The predicted molar refractivity (Wildman–Crippen MR) is 148 cm³/mol. The topological polar surface area (TPSA) is 96.5 Å². The largest absolute Gasteiger partial charge is 0.573 e. The third-order valence-electron chi connectivity index (χ3n) is 6.92. The minimum absolute atomic E-state index is 0.0835. The van der Waals surface area contributed by atoms with Gasteiger partial charge in [-0.3, -0.25) is 0 Å². The van der Waals surface area contributed by atoms with Gasteiger partial charge >= 0.3 is 6.36 Å². The number of halogens is 4. The number of ether oxygens (including phenoxy) is 1. The summed E-state index contributed by atoms with van der Waals surface area (Å²) in [7, 11) is -2.20. The highest BCUT2D eigenvalue weighted by molar-refractivity contribution is 9.10. The van der Waals surface area contributed by atoms with Crippen LogP contribution in [0.4, 0.5) is 24.9 Å². The molecule has 2 N–H and O–H groups in total. The Morgan fingerprint density at radius 3 is 2.38 bits per heavy atom. The number of nitrogens with zero attached hydrogens (tertiary/aromatic N) is 3. The second-order valence-corrected chi connectivity index (χ2v) is 12.3. The third-order valence-corrected chi connectivity index (χ3v) is 8.87. The van der Waals surface area contributed by atoms with Gasteiger partial charge in [0.2, 0.25) is 16.0 Å². The summed E-state index contributed by atoms with van der Waals surface area (Å²) in [6.45, 7) is 3.72. The molecule has 39 heavy (non-hydrogen) atoms. The van der Waals surface area contributed by atoms with Crippen molar-refractivity contribution in [2.45, 2.75) is 43.9 Å². The lowest BCUT2D eigenvalue weighted by Crippen LogP contribution is -2.33. The molecule has 0 radical (unpaired) electrons. The van der Waals surface area contributed by atoms with E-state index in [4.69, 9.17) is 4.98 Å². The lowest BCUT2D eigenvalue weighted by Gasteiger charge is -2.29. The van der Waals surface area contributed by atoms with E-state index >= 15 is 0 Å². The van der Waals surface area contributed by atoms with Crippen LogP contribution < -0.4 is 19.7 Å². The summed E-state index contributed by atoms with van der Waals surface area (Å²) in [4.78, 5) is 10.9. The number of rotatable bonds is 10. The molecule has 0 aliphatic heterocycles. The normalized spacial score (nSPS) is 18.2. The van der Waals surface area contributed by atoms with E-state index in [9.17, 15) is 21.6 Å². The monoisotopic (exact) mass is 629 g/mol. The van der Waals surface area contributed by atoms with Gasteiger partial charge in [-0.15, -0.1) is 13.2 Å². The molecule has 1 aliphatic carbocycles. The summed E-state index contributed by atoms with van der Waals surface area (Å²) in [5.74, 6) is 1.13. The molecule has 212 valence electrons. The Labute approximate surface area is 234 Å². The summed E-state index contributed by atoms with van der Waals surface area (Å²) in [6.07, 6.45) is -1.65. The summed E-state index contributed by atoms with van der Waals surface area (Å²) >= 11 is 3.05. The Morgan fingerprint density at radius 1 is 1.05 bits per heavy atom. The van der Waals surface area contributed by atoms with E-state index in [0.29, 0.717) is 18.4 Å². The first kappa shape index (κ1) is 29.3. The molecule has 0 atom stereocenters. The number of fused-ring (bicyclic) bond motifs is 1. The fourth-order valence-electron chi connectivity index (χ4n) is 4.67. The summed E-state index contributed by atoms with van der Waals surface area (Å²) in [5.41, 5.74) is 0.871. The van der Waals surface area contributed by atoms with Gasteiger partial charge in [-0.2, -0.15) is 4.98 Å². The van der Waals surface area contributed by atoms with Crippen LogP contribution in [0.1, 0.15) is 32.6 Å². The van der Waals surface area contributed by atoms with E-state index in [2.05, 4.69) is 47.5 Å². The van der Waals surface area contributed by atoms with Crippen LogP contribution in [0.15, 0.2) is 51.8 Å². The van der Waals surface area contributed by atoms with Gasteiger partial charge in [0.1, 0.15) is 10.7 Å². The number of nitrogens with one attached hydrogen (secondary N) is 2. The fourth-order valence-corrected chi connectivity index (χ4v) is 6.23. The van der Waals surface area contributed by atoms with E-state index in [1.807, 2.05) is 31.3 Å². The van der Waals surface area contributed by atoms with Gasteiger partial charge in [-0.25, -0.2) is 18.1 Å². The Morgan fingerprint density at radius 2 is 1.72 bits per heavy atom. The van der Waals surface area contributed by atoms with Crippen molar-refractivity contribution in [1.29, 1.82) is 0 Å². The van der Waals surface area contributed by atoms with E-state index < -0.39 is 27.0 Å². The molecule has 13 heteroatoms. The van der Waals surface area contributed by atoms with Gasteiger partial charge in [0.25, 0.3) is 0 Å². The van der Waals surface area contributed by atoms with Crippen molar-refractivity contribution in [2.24, 2.45) is 11.8 Å². The Kier molecular flexibility index (Phi) is 9.22. The second kappa shape index (κ2) is 12.3. The predicted octanol–water partition coefficient (Wildman–Crippen LogP) is 5.94. The Hall–Kier alpha value is -2.64. The lowest BCUT2D eigenvalue weighted by atomic mass is 9.82. The first-order chi connectivity index (χ1) is 18.4.